The van der Waals surface area contributed by atoms with Crippen LogP contribution in [-0.4, -0.2) is 121 Å². The maximum absolute atomic E-state index is 13.7. The third-order valence-corrected chi connectivity index (χ3v) is 14.3. The van der Waals surface area contributed by atoms with E-state index in [0.29, 0.717) is 86.9 Å². The Balaban J connectivity index is 0.884. The number of fused-ring (bicyclic) bond motifs is 6. The van der Waals surface area contributed by atoms with Gasteiger partial charge in [0, 0.05) is 73.9 Å². The first-order valence-corrected chi connectivity index (χ1v) is 22.7. The lowest BCUT2D eigenvalue weighted by Crippen LogP contribution is -2.63. The molecule has 308 valence electrons. The third-order valence-electron chi connectivity index (χ3n) is 10.7. The molecule has 3 heterocycles. The number of nitrogens with one attached hydrogen (secondary N) is 1. The molecule has 0 radical (unpaired) electrons. The standard InChI is InChI=1S/C44H51N7O7Si/c1-29-46-48-41(49-47-29)30-8-13-34(14-9-30)57-25-24-56-23-22-55-21-20-54-19-18-45-42(52)31-10-15-35-38(26-31)44(58-43(35)53)36-16-11-32(50(2)3)27-39(36)59(6,7)40-28-33(51(4)5)12-17-37(40)44/h8-17,26-28H,18-25H2,1-7H3,(H,45,52). The first-order valence-electron chi connectivity index (χ1n) is 19.7. The number of carbonyl (C=O) groups excluding carboxylic acids is 2. The molecule has 0 saturated carbocycles. The van der Waals surface area contributed by atoms with E-state index in [9.17, 15) is 9.59 Å². The number of aryl methyl sites for hydroxylation is 1. The van der Waals surface area contributed by atoms with Crippen molar-refractivity contribution in [1.29, 1.82) is 0 Å². The summed E-state index contributed by atoms with van der Waals surface area (Å²) in [5.41, 5.74) is 5.27. The Hall–Kier alpha value is -5.74. The van der Waals surface area contributed by atoms with E-state index in [0.717, 1.165) is 28.1 Å². The van der Waals surface area contributed by atoms with Crippen molar-refractivity contribution in [3.63, 3.8) is 0 Å². The molecule has 1 N–H and O–H groups in total. The van der Waals surface area contributed by atoms with Crippen molar-refractivity contribution >= 4 is 41.7 Å². The van der Waals surface area contributed by atoms with Gasteiger partial charge in [-0.3, -0.25) is 4.79 Å². The molecule has 2 aliphatic rings. The van der Waals surface area contributed by atoms with E-state index in [1.165, 1.54) is 10.4 Å². The van der Waals surface area contributed by atoms with Crippen molar-refractivity contribution in [3.8, 4) is 17.1 Å². The van der Waals surface area contributed by atoms with E-state index in [4.69, 9.17) is 23.7 Å². The molecule has 4 aromatic carbocycles. The summed E-state index contributed by atoms with van der Waals surface area (Å²) in [6, 6.07) is 25.4. The number of carbonyl (C=O) groups is 2. The molecular formula is C44H51N7O7Si. The number of hydrogen-bond donors (Lipinski definition) is 1. The van der Waals surface area contributed by atoms with Crippen LogP contribution < -0.4 is 30.2 Å². The Kier molecular flexibility index (Phi) is 12.4. The molecule has 15 heteroatoms. The smallest absolute Gasteiger partial charge is 0.340 e. The van der Waals surface area contributed by atoms with Gasteiger partial charge in [-0.05, 0) is 84.0 Å². The number of anilines is 2. The van der Waals surface area contributed by atoms with Gasteiger partial charge in [0.1, 0.15) is 20.4 Å². The second-order valence-corrected chi connectivity index (χ2v) is 19.8. The van der Waals surface area contributed by atoms with E-state index in [1.54, 1.807) is 19.1 Å². The van der Waals surface area contributed by atoms with Crippen LogP contribution in [0, 0.1) is 6.92 Å². The molecule has 1 spiro atoms. The second-order valence-electron chi connectivity index (χ2n) is 15.4. The Morgan fingerprint density at radius 1 is 0.695 bits per heavy atom. The summed E-state index contributed by atoms with van der Waals surface area (Å²) < 4.78 is 29.2. The van der Waals surface area contributed by atoms with Crippen molar-refractivity contribution in [2.75, 3.05) is 90.8 Å². The maximum atomic E-state index is 13.7. The summed E-state index contributed by atoms with van der Waals surface area (Å²) in [5.74, 6) is 1.02. The molecule has 14 nitrogen and oxygen atoms in total. The van der Waals surface area contributed by atoms with Crippen LogP contribution in [-0.2, 0) is 24.5 Å². The van der Waals surface area contributed by atoms with Crippen LogP contribution in [0.3, 0.4) is 0 Å². The van der Waals surface area contributed by atoms with Gasteiger partial charge in [0.15, 0.2) is 11.4 Å². The van der Waals surface area contributed by atoms with Crippen LogP contribution in [0.2, 0.25) is 13.1 Å². The molecular weight excluding hydrogens is 767 g/mol. The molecule has 1 aromatic heterocycles. The number of ether oxygens (including phenoxy) is 5. The highest BCUT2D eigenvalue weighted by atomic mass is 28.3. The van der Waals surface area contributed by atoms with Crippen LogP contribution in [0.5, 0.6) is 5.75 Å². The SMILES string of the molecule is Cc1nnc(-c2ccc(OCCOCCOCCOCCNC(=O)c3ccc4c(c3)C3(OC4=O)c4ccc(N(C)C)cc4[Si](C)(C)c4cc(N(C)C)ccc43)cc2)nn1. The molecule has 5 aromatic rings. The number of esters is 1. The topological polar surface area (TPSA) is 150 Å². The zero-order valence-corrected chi connectivity index (χ0v) is 35.7. The number of amides is 1. The maximum Gasteiger partial charge on any atom is 0.340 e. The Morgan fingerprint density at radius 2 is 1.25 bits per heavy atom. The van der Waals surface area contributed by atoms with Gasteiger partial charge >= 0.3 is 5.97 Å². The molecule has 2 aliphatic heterocycles. The van der Waals surface area contributed by atoms with Crippen molar-refractivity contribution < 1.29 is 33.3 Å². The lowest BCUT2D eigenvalue weighted by molar-refractivity contribution is 0.00988. The van der Waals surface area contributed by atoms with Gasteiger partial charge in [-0.15, -0.1) is 20.4 Å². The zero-order valence-electron chi connectivity index (χ0n) is 34.7. The second kappa shape index (κ2) is 17.6. The minimum Gasteiger partial charge on any atom is -0.491 e. The highest BCUT2D eigenvalue weighted by molar-refractivity contribution is 7.01. The quantitative estimate of drug-likeness (QED) is 0.0824. The largest absolute Gasteiger partial charge is 0.491 e. The molecule has 0 unspecified atom stereocenters. The minimum atomic E-state index is -2.29. The highest BCUT2D eigenvalue weighted by Crippen LogP contribution is 2.49. The van der Waals surface area contributed by atoms with Gasteiger partial charge < -0.3 is 38.8 Å². The summed E-state index contributed by atoms with van der Waals surface area (Å²) in [4.78, 5) is 31.4. The molecule has 0 aliphatic carbocycles. The number of rotatable bonds is 17. The first kappa shape index (κ1) is 41.4. The zero-order chi connectivity index (χ0) is 41.7. The predicted molar refractivity (Wildman–Crippen MR) is 228 cm³/mol. The van der Waals surface area contributed by atoms with E-state index in [1.807, 2.05) is 58.5 Å². The monoisotopic (exact) mass is 817 g/mol. The minimum absolute atomic E-state index is 0.260. The summed E-state index contributed by atoms with van der Waals surface area (Å²) in [5, 5.41) is 21.3. The molecule has 0 bridgehead atoms. The van der Waals surface area contributed by atoms with E-state index >= 15 is 0 Å². The van der Waals surface area contributed by atoms with Crippen molar-refractivity contribution in [3.05, 3.63) is 113 Å². The van der Waals surface area contributed by atoms with Gasteiger partial charge in [0.2, 0.25) is 5.82 Å². The van der Waals surface area contributed by atoms with E-state index in [2.05, 4.69) is 85.0 Å². The average molecular weight is 818 g/mol. The fraction of sp³-hybridized carbons (Fsp3) is 0.364. The summed E-state index contributed by atoms with van der Waals surface area (Å²) in [7, 11) is 5.83. The van der Waals surface area contributed by atoms with Crippen molar-refractivity contribution in [1.82, 2.24) is 25.7 Å². The normalized spacial score (nSPS) is 14.3. The highest BCUT2D eigenvalue weighted by Gasteiger charge is 2.56. The number of nitrogens with zero attached hydrogens (tertiary/aromatic N) is 6. The van der Waals surface area contributed by atoms with Crippen LogP contribution in [0.25, 0.3) is 11.4 Å². The van der Waals surface area contributed by atoms with Gasteiger partial charge in [-0.2, -0.15) is 0 Å². The number of hydrogen-bond acceptors (Lipinski definition) is 13. The average Bonchev–Trinajstić information content (AvgIpc) is 3.53. The third kappa shape index (κ3) is 8.55. The lowest BCUT2D eigenvalue weighted by Gasteiger charge is -2.44. The molecule has 0 fully saturated rings. The van der Waals surface area contributed by atoms with Crippen molar-refractivity contribution in [2.24, 2.45) is 0 Å². The number of aromatic nitrogens is 4. The summed E-state index contributed by atoms with van der Waals surface area (Å²) in [6.45, 7) is 9.48. The lowest BCUT2D eigenvalue weighted by atomic mass is 9.78. The summed E-state index contributed by atoms with van der Waals surface area (Å²) >= 11 is 0. The van der Waals surface area contributed by atoms with Gasteiger partial charge in [-0.25, -0.2) is 4.79 Å². The van der Waals surface area contributed by atoms with Crippen LogP contribution in [0.4, 0.5) is 11.4 Å². The molecule has 1 amide bonds. The fourth-order valence-corrected chi connectivity index (χ4v) is 10.7. The van der Waals surface area contributed by atoms with Gasteiger partial charge in [-0.1, -0.05) is 25.2 Å². The Morgan fingerprint density at radius 3 is 1.83 bits per heavy atom. The van der Waals surface area contributed by atoms with Gasteiger partial charge in [0.25, 0.3) is 5.91 Å². The van der Waals surface area contributed by atoms with Gasteiger partial charge in [0.05, 0.1) is 45.2 Å². The number of benzene rings is 4. The summed E-state index contributed by atoms with van der Waals surface area (Å²) in [6.07, 6.45) is 0. The molecule has 59 heavy (non-hydrogen) atoms. The molecule has 0 saturated heterocycles. The predicted octanol–water partition coefficient (Wildman–Crippen LogP) is 3.83. The van der Waals surface area contributed by atoms with E-state index in [-0.39, 0.29) is 5.91 Å². The molecule has 7 rings (SSSR count). The van der Waals surface area contributed by atoms with Crippen molar-refractivity contribution in [2.45, 2.75) is 25.6 Å². The fourth-order valence-electron chi connectivity index (χ4n) is 7.56. The Labute approximate surface area is 345 Å². The molecule has 0 atom stereocenters. The van der Waals surface area contributed by atoms with Crippen LogP contribution in [0.1, 0.15) is 43.2 Å². The first-order chi connectivity index (χ1) is 28.4. The van der Waals surface area contributed by atoms with E-state index < -0.39 is 19.6 Å². The van der Waals surface area contributed by atoms with Crippen LogP contribution in [0.15, 0.2) is 78.9 Å². The van der Waals surface area contributed by atoms with Crippen LogP contribution >= 0.6 is 0 Å². The Bertz CT molecular complexity index is 2240.